The number of nitrogens with one attached hydrogen (secondary N) is 1. The quantitative estimate of drug-likeness (QED) is 0.797. The number of rotatable bonds is 4. The second-order valence-electron chi connectivity index (χ2n) is 5.22. The minimum atomic E-state index is -0.436. The lowest BCUT2D eigenvalue weighted by atomic mass is 10.2. The van der Waals surface area contributed by atoms with Crippen molar-refractivity contribution in [1.82, 2.24) is 9.78 Å². The van der Waals surface area contributed by atoms with Crippen molar-refractivity contribution in [2.24, 2.45) is 0 Å². The van der Waals surface area contributed by atoms with Crippen LogP contribution in [0.2, 0.25) is 0 Å². The number of aryl methyl sites for hydroxylation is 1. The number of carbonyl (C=O) groups is 1. The molecule has 0 atom stereocenters. The Kier molecular flexibility index (Phi) is 4.29. The predicted octanol–water partition coefficient (Wildman–Crippen LogP) is 3.58. The molecule has 3 rings (SSSR count). The number of ether oxygens (including phenoxy) is 1. The monoisotopic (exact) mass is 325 g/mol. The molecule has 24 heavy (non-hydrogen) atoms. The first kappa shape index (κ1) is 15.7. The summed E-state index contributed by atoms with van der Waals surface area (Å²) in [5, 5.41) is 7.03. The van der Waals surface area contributed by atoms with E-state index >= 15 is 0 Å². The molecule has 0 spiro atoms. The molecule has 1 aromatic heterocycles. The lowest BCUT2D eigenvalue weighted by Gasteiger charge is -2.09. The van der Waals surface area contributed by atoms with Crippen LogP contribution in [0.3, 0.4) is 0 Å². The number of benzene rings is 2. The summed E-state index contributed by atoms with van der Waals surface area (Å²) in [7, 11) is 1.42. The molecule has 1 N–H and O–H groups in total. The second kappa shape index (κ2) is 6.54. The molecular weight excluding hydrogens is 309 g/mol. The first-order chi connectivity index (χ1) is 11.6. The molecule has 0 saturated carbocycles. The smallest absolute Gasteiger partial charge is 0.276 e. The van der Waals surface area contributed by atoms with Gasteiger partial charge in [0.05, 0.1) is 18.5 Å². The van der Waals surface area contributed by atoms with E-state index in [4.69, 9.17) is 4.74 Å². The molecule has 0 aliphatic heterocycles. The molecule has 0 bridgehead atoms. The van der Waals surface area contributed by atoms with Crippen molar-refractivity contribution in [3.63, 3.8) is 0 Å². The summed E-state index contributed by atoms with van der Waals surface area (Å²) in [5.74, 6) is -0.575. The normalized spacial score (nSPS) is 10.5. The number of hydrogen-bond donors (Lipinski definition) is 1. The average Bonchev–Trinajstić information content (AvgIpc) is 2.99. The van der Waals surface area contributed by atoms with Gasteiger partial charge in [-0.25, -0.2) is 9.07 Å². The van der Waals surface area contributed by atoms with Crippen LogP contribution in [0.25, 0.3) is 5.69 Å². The Morgan fingerprint density at radius 1 is 1.17 bits per heavy atom. The van der Waals surface area contributed by atoms with Gasteiger partial charge in [0.1, 0.15) is 11.6 Å². The molecular formula is C18H16FN3O2. The molecule has 5 nitrogen and oxygen atoms in total. The van der Waals surface area contributed by atoms with Crippen molar-refractivity contribution in [3.8, 4) is 11.4 Å². The maximum Gasteiger partial charge on any atom is 0.276 e. The fourth-order valence-corrected chi connectivity index (χ4v) is 2.37. The summed E-state index contributed by atoms with van der Waals surface area (Å²) in [4.78, 5) is 12.4. The van der Waals surface area contributed by atoms with E-state index < -0.39 is 11.7 Å². The van der Waals surface area contributed by atoms with Crippen molar-refractivity contribution in [2.75, 3.05) is 12.4 Å². The van der Waals surface area contributed by atoms with Gasteiger partial charge in [0.25, 0.3) is 5.91 Å². The van der Waals surface area contributed by atoms with Crippen LogP contribution < -0.4 is 10.1 Å². The maximum absolute atomic E-state index is 13.2. The first-order valence-corrected chi connectivity index (χ1v) is 7.35. The fraction of sp³-hybridized carbons (Fsp3) is 0.111. The Balaban J connectivity index is 1.87. The molecule has 0 fully saturated rings. The number of anilines is 1. The van der Waals surface area contributed by atoms with E-state index in [-0.39, 0.29) is 11.4 Å². The van der Waals surface area contributed by atoms with Gasteiger partial charge in [-0.05, 0) is 37.3 Å². The summed E-state index contributed by atoms with van der Waals surface area (Å²) in [6, 6.07) is 15.1. The number of para-hydroxylation sites is 1. The van der Waals surface area contributed by atoms with Crippen molar-refractivity contribution in [3.05, 3.63) is 71.8 Å². The molecule has 0 unspecified atom stereocenters. The Hall–Kier alpha value is -3.15. The molecule has 1 amide bonds. The van der Waals surface area contributed by atoms with Gasteiger partial charge in [0.15, 0.2) is 5.69 Å². The van der Waals surface area contributed by atoms with Crippen LogP contribution >= 0.6 is 0 Å². The van der Waals surface area contributed by atoms with Gasteiger partial charge in [-0.1, -0.05) is 18.2 Å². The summed E-state index contributed by atoms with van der Waals surface area (Å²) in [6.45, 7) is 1.87. The van der Waals surface area contributed by atoms with Gasteiger partial charge in [0.2, 0.25) is 0 Å². The lowest BCUT2D eigenvalue weighted by molar-refractivity contribution is 0.102. The highest BCUT2D eigenvalue weighted by Gasteiger charge is 2.15. The van der Waals surface area contributed by atoms with Crippen LogP contribution in [0.5, 0.6) is 5.75 Å². The fourth-order valence-electron chi connectivity index (χ4n) is 2.37. The minimum absolute atomic E-state index is 0.252. The van der Waals surface area contributed by atoms with Crippen molar-refractivity contribution in [2.45, 2.75) is 6.92 Å². The second-order valence-corrected chi connectivity index (χ2v) is 5.22. The van der Waals surface area contributed by atoms with Crippen LogP contribution in [0.15, 0.2) is 54.6 Å². The zero-order valence-corrected chi connectivity index (χ0v) is 13.3. The van der Waals surface area contributed by atoms with Crippen LogP contribution in [-0.2, 0) is 0 Å². The number of carbonyl (C=O) groups excluding carboxylic acids is 1. The number of aromatic nitrogens is 2. The minimum Gasteiger partial charge on any atom is -0.494 e. The lowest BCUT2D eigenvalue weighted by Crippen LogP contribution is -2.14. The van der Waals surface area contributed by atoms with Gasteiger partial charge < -0.3 is 10.1 Å². The maximum atomic E-state index is 13.2. The number of halogens is 1. The number of nitrogens with zero attached hydrogens (tertiary/aromatic N) is 2. The molecule has 0 radical (unpaired) electrons. The summed E-state index contributed by atoms with van der Waals surface area (Å²) < 4.78 is 20.0. The highest BCUT2D eigenvalue weighted by Crippen LogP contribution is 2.25. The molecule has 2 aromatic carbocycles. The Morgan fingerprint density at radius 2 is 1.92 bits per heavy atom. The molecule has 6 heteroatoms. The van der Waals surface area contributed by atoms with Crippen molar-refractivity contribution in [1.29, 1.82) is 0 Å². The third-order valence-corrected chi connectivity index (χ3v) is 3.53. The molecule has 0 saturated heterocycles. The molecule has 0 aliphatic carbocycles. The van der Waals surface area contributed by atoms with Gasteiger partial charge >= 0.3 is 0 Å². The van der Waals surface area contributed by atoms with Crippen LogP contribution in [-0.4, -0.2) is 22.8 Å². The largest absolute Gasteiger partial charge is 0.494 e. The van der Waals surface area contributed by atoms with Crippen molar-refractivity contribution < 1.29 is 13.9 Å². The Labute approximate surface area is 138 Å². The zero-order valence-electron chi connectivity index (χ0n) is 13.3. The van der Waals surface area contributed by atoms with E-state index in [9.17, 15) is 9.18 Å². The zero-order chi connectivity index (χ0) is 17.1. The highest BCUT2D eigenvalue weighted by molar-refractivity contribution is 6.03. The summed E-state index contributed by atoms with van der Waals surface area (Å²) >= 11 is 0. The molecule has 1 heterocycles. The van der Waals surface area contributed by atoms with E-state index in [1.807, 2.05) is 37.3 Å². The average molecular weight is 325 g/mol. The van der Waals surface area contributed by atoms with Gasteiger partial charge in [-0.3, -0.25) is 4.79 Å². The third-order valence-electron chi connectivity index (χ3n) is 3.53. The number of amides is 1. The van der Waals surface area contributed by atoms with Gasteiger partial charge in [-0.15, -0.1) is 0 Å². The molecule has 0 aliphatic rings. The van der Waals surface area contributed by atoms with Crippen LogP contribution in [0.1, 0.15) is 16.2 Å². The van der Waals surface area contributed by atoms with E-state index in [1.165, 1.54) is 25.3 Å². The van der Waals surface area contributed by atoms with E-state index in [1.54, 1.807) is 10.7 Å². The SMILES string of the molecule is COc1cc(F)ccc1NC(=O)c1cc(C)n(-c2ccccc2)n1. The number of hydrogen-bond acceptors (Lipinski definition) is 3. The topological polar surface area (TPSA) is 56.1 Å². The van der Waals surface area contributed by atoms with Gasteiger partial charge in [0, 0.05) is 11.8 Å². The molecule has 3 aromatic rings. The Morgan fingerprint density at radius 3 is 2.62 bits per heavy atom. The first-order valence-electron chi connectivity index (χ1n) is 7.35. The van der Waals surface area contributed by atoms with E-state index in [0.29, 0.717) is 5.69 Å². The predicted molar refractivity (Wildman–Crippen MR) is 89.2 cm³/mol. The van der Waals surface area contributed by atoms with E-state index in [0.717, 1.165) is 11.4 Å². The summed E-state index contributed by atoms with van der Waals surface area (Å²) in [5.41, 5.74) is 2.35. The standard InChI is InChI=1S/C18H16FN3O2/c1-12-10-16(21-22(12)14-6-4-3-5-7-14)18(23)20-15-9-8-13(19)11-17(15)24-2/h3-11H,1-2H3,(H,20,23). The van der Waals surface area contributed by atoms with Gasteiger partial charge in [-0.2, -0.15) is 5.10 Å². The van der Waals surface area contributed by atoms with Crippen LogP contribution in [0, 0.1) is 12.7 Å². The van der Waals surface area contributed by atoms with E-state index in [2.05, 4.69) is 10.4 Å². The highest BCUT2D eigenvalue weighted by atomic mass is 19.1. The number of methoxy groups -OCH3 is 1. The molecule has 122 valence electrons. The summed E-state index contributed by atoms with van der Waals surface area (Å²) in [6.07, 6.45) is 0. The van der Waals surface area contributed by atoms with Crippen LogP contribution in [0.4, 0.5) is 10.1 Å². The third kappa shape index (κ3) is 3.12. The Bertz CT molecular complexity index is 875. The van der Waals surface area contributed by atoms with Crippen molar-refractivity contribution >= 4 is 11.6 Å².